The molecule has 0 aliphatic rings. The summed E-state index contributed by atoms with van der Waals surface area (Å²) in [7, 11) is 0. The monoisotopic (exact) mass is 409 g/mol. The lowest BCUT2D eigenvalue weighted by Crippen LogP contribution is -2.38. The lowest BCUT2D eigenvalue weighted by atomic mass is 9.77. The van der Waals surface area contributed by atoms with E-state index in [1.807, 2.05) is 61.5 Å². The minimum absolute atomic E-state index is 0.645. The van der Waals surface area contributed by atoms with Crippen LogP contribution in [0.3, 0.4) is 0 Å². The summed E-state index contributed by atoms with van der Waals surface area (Å²) in [5, 5.41) is 20.2. The Morgan fingerprint density at radius 1 is 0.871 bits per heavy atom. The van der Waals surface area contributed by atoms with Crippen LogP contribution < -0.4 is 5.32 Å². The fourth-order valence-electron chi connectivity index (χ4n) is 3.86. The number of hydrogen-bond donors (Lipinski definition) is 3. The van der Waals surface area contributed by atoms with Crippen LogP contribution in [0.25, 0.3) is 6.08 Å². The maximum Gasteiger partial charge on any atom is 0.328 e. The molecular weight excluding hydrogens is 386 g/mol. The molecule has 0 saturated carbocycles. The van der Waals surface area contributed by atoms with E-state index in [0.29, 0.717) is 17.1 Å². The predicted molar refractivity (Wildman–Crippen MR) is 123 cm³/mol. The number of aliphatic carboxylic acids is 1. The van der Waals surface area contributed by atoms with Gasteiger partial charge in [-0.25, -0.2) is 4.79 Å². The van der Waals surface area contributed by atoms with Gasteiger partial charge in [-0.05, 0) is 29.7 Å². The Balaban J connectivity index is 1.97. The largest absolute Gasteiger partial charge is 0.478 e. The van der Waals surface area contributed by atoms with Crippen molar-refractivity contribution in [3.05, 3.63) is 125 Å². The minimum Gasteiger partial charge on any atom is -0.478 e. The summed E-state index contributed by atoms with van der Waals surface area (Å²) in [5.41, 5.74) is 3.83. The van der Waals surface area contributed by atoms with Gasteiger partial charge in [0.25, 0.3) is 0 Å². The third-order valence-corrected chi connectivity index (χ3v) is 5.32. The van der Waals surface area contributed by atoms with Crippen molar-refractivity contribution < 1.29 is 9.90 Å². The lowest BCUT2D eigenvalue weighted by molar-refractivity contribution is -0.131. The van der Waals surface area contributed by atoms with Gasteiger partial charge in [0.15, 0.2) is 0 Å². The van der Waals surface area contributed by atoms with Crippen LogP contribution >= 0.6 is 0 Å². The summed E-state index contributed by atoms with van der Waals surface area (Å²) < 4.78 is 0. The molecule has 4 aromatic rings. The number of aryl methyl sites for hydroxylation is 1. The van der Waals surface area contributed by atoms with Crippen LogP contribution in [-0.2, 0) is 10.3 Å². The molecular formula is C26H23N3O2. The van der Waals surface area contributed by atoms with Crippen LogP contribution in [0.4, 0.5) is 5.82 Å². The number of hydrogen-bond acceptors (Lipinski definition) is 3. The fraction of sp³-hybridized carbons (Fsp3) is 0.0769. The van der Waals surface area contributed by atoms with E-state index in [9.17, 15) is 4.79 Å². The number of rotatable bonds is 7. The van der Waals surface area contributed by atoms with Crippen molar-refractivity contribution in [1.29, 1.82) is 0 Å². The summed E-state index contributed by atoms with van der Waals surface area (Å²) in [5.74, 6) is -0.362. The number of aromatic amines is 1. The quantitative estimate of drug-likeness (QED) is 0.289. The maximum absolute atomic E-state index is 11.1. The molecule has 31 heavy (non-hydrogen) atoms. The highest BCUT2D eigenvalue weighted by atomic mass is 16.4. The third-order valence-electron chi connectivity index (χ3n) is 5.32. The molecule has 0 radical (unpaired) electrons. The van der Waals surface area contributed by atoms with Gasteiger partial charge in [0.2, 0.25) is 0 Å². The molecule has 5 nitrogen and oxygen atoms in total. The standard InChI is InChI=1S/C26H23N3O2/c1-19-23(17-18-24(30)31)25(29-28-19)27-26(20-11-5-2-6-12-20,21-13-7-3-8-14-21)22-15-9-4-10-16-22/h2-18H,1H3,(H,30,31)(H2,27,28,29)/b18-17+. The van der Waals surface area contributed by atoms with Crippen molar-refractivity contribution in [2.24, 2.45) is 0 Å². The molecule has 0 spiro atoms. The number of H-pyrrole nitrogens is 1. The smallest absolute Gasteiger partial charge is 0.328 e. The molecule has 0 aliphatic carbocycles. The number of nitrogens with zero attached hydrogens (tertiary/aromatic N) is 1. The van der Waals surface area contributed by atoms with E-state index in [1.165, 1.54) is 0 Å². The Morgan fingerprint density at radius 3 is 1.74 bits per heavy atom. The number of benzene rings is 3. The maximum atomic E-state index is 11.1. The molecule has 0 fully saturated rings. The fourth-order valence-corrected chi connectivity index (χ4v) is 3.86. The molecule has 0 aliphatic heterocycles. The second kappa shape index (κ2) is 8.71. The molecule has 154 valence electrons. The second-order valence-corrected chi connectivity index (χ2v) is 7.24. The van der Waals surface area contributed by atoms with Crippen LogP contribution in [-0.4, -0.2) is 21.3 Å². The number of anilines is 1. The van der Waals surface area contributed by atoms with Crippen molar-refractivity contribution in [2.75, 3.05) is 5.32 Å². The molecule has 1 heterocycles. The van der Waals surface area contributed by atoms with E-state index in [0.717, 1.165) is 22.8 Å². The molecule has 0 amide bonds. The van der Waals surface area contributed by atoms with E-state index in [2.05, 4.69) is 51.9 Å². The van der Waals surface area contributed by atoms with Gasteiger partial charge < -0.3 is 10.4 Å². The van der Waals surface area contributed by atoms with Crippen LogP contribution in [0.5, 0.6) is 0 Å². The highest BCUT2D eigenvalue weighted by Gasteiger charge is 2.37. The first-order chi connectivity index (χ1) is 15.1. The molecule has 0 unspecified atom stereocenters. The molecule has 4 rings (SSSR count). The van der Waals surface area contributed by atoms with Crippen molar-refractivity contribution in [3.8, 4) is 0 Å². The molecule has 1 aromatic heterocycles. The Morgan fingerprint density at radius 2 is 1.32 bits per heavy atom. The normalized spacial score (nSPS) is 11.5. The van der Waals surface area contributed by atoms with Gasteiger partial charge in [-0.1, -0.05) is 91.0 Å². The number of nitrogens with one attached hydrogen (secondary N) is 2. The number of aromatic nitrogens is 2. The first kappa shape index (κ1) is 20.2. The zero-order valence-electron chi connectivity index (χ0n) is 17.1. The summed E-state index contributed by atoms with van der Waals surface area (Å²) in [6.45, 7) is 1.85. The first-order valence-electron chi connectivity index (χ1n) is 10.0. The van der Waals surface area contributed by atoms with E-state index >= 15 is 0 Å². The Kier molecular flexibility index (Phi) is 5.67. The van der Waals surface area contributed by atoms with Gasteiger partial charge in [-0.2, -0.15) is 5.10 Å². The first-order valence-corrected chi connectivity index (χ1v) is 10.0. The predicted octanol–water partition coefficient (Wildman–Crippen LogP) is 5.22. The number of carboxylic acids is 1. The van der Waals surface area contributed by atoms with E-state index in [4.69, 9.17) is 5.11 Å². The van der Waals surface area contributed by atoms with E-state index in [1.54, 1.807) is 6.08 Å². The molecule has 0 bridgehead atoms. The zero-order chi connectivity index (χ0) is 21.7. The highest BCUT2D eigenvalue weighted by Crippen LogP contribution is 2.40. The van der Waals surface area contributed by atoms with Crippen LogP contribution in [0.1, 0.15) is 27.9 Å². The molecule has 3 N–H and O–H groups in total. The van der Waals surface area contributed by atoms with Gasteiger partial charge in [0, 0.05) is 11.6 Å². The molecule has 0 saturated heterocycles. The summed E-state index contributed by atoms with van der Waals surface area (Å²) in [4.78, 5) is 11.1. The average molecular weight is 409 g/mol. The molecule has 3 aromatic carbocycles. The Bertz CT molecular complexity index is 1090. The van der Waals surface area contributed by atoms with E-state index in [-0.39, 0.29) is 0 Å². The SMILES string of the molecule is Cc1n[nH]c(NC(c2ccccc2)(c2ccccc2)c2ccccc2)c1/C=C/C(=O)O. The van der Waals surface area contributed by atoms with Gasteiger partial charge in [0.05, 0.1) is 5.69 Å². The van der Waals surface area contributed by atoms with Gasteiger partial charge in [0.1, 0.15) is 11.4 Å². The van der Waals surface area contributed by atoms with E-state index < -0.39 is 11.5 Å². The summed E-state index contributed by atoms with van der Waals surface area (Å²) in [6, 6.07) is 30.6. The lowest BCUT2D eigenvalue weighted by Gasteiger charge is -2.37. The van der Waals surface area contributed by atoms with Crippen molar-refractivity contribution >= 4 is 17.9 Å². The van der Waals surface area contributed by atoms with Crippen molar-refractivity contribution in [3.63, 3.8) is 0 Å². The van der Waals surface area contributed by atoms with Gasteiger partial charge >= 0.3 is 5.97 Å². The third kappa shape index (κ3) is 3.98. The highest BCUT2D eigenvalue weighted by molar-refractivity contribution is 5.87. The van der Waals surface area contributed by atoms with Crippen molar-refractivity contribution in [1.82, 2.24) is 10.2 Å². The van der Waals surface area contributed by atoms with Gasteiger partial charge in [-0.15, -0.1) is 0 Å². The van der Waals surface area contributed by atoms with Crippen LogP contribution in [0.2, 0.25) is 0 Å². The van der Waals surface area contributed by atoms with Crippen LogP contribution in [0.15, 0.2) is 97.1 Å². The molecule has 0 atom stereocenters. The van der Waals surface area contributed by atoms with Crippen LogP contribution in [0, 0.1) is 6.92 Å². The Hall–Kier alpha value is -4.12. The van der Waals surface area contributed by atoms with Crippen molar-refractivity contribution in [2.45, 2.75) is 12.5 Å². The topological polar surface area (TPSA) is 78.0 Å². The zero-order valence-corrected chi connectivity index (χ0v) is 17.1. The van der Waals surface area contributed by atoms with Gasteiger partial charge in [-0.3, -0.25) is 5.10 Å². The number of carbonyl (C=O) groups is 1. The summed E-state index contributed by atoms with van der Waals surface area (Å²) >= 11 is 0. The minimum atomic E-state index is -1.01. The number of carboxylic acid groups (broad SMARTS) is 1. The Labute approximate surface area is 181 Å². The second-order valence-electron chi connectivity index (χ2n) is 7.24. The molecule has 5 heteroatoms. The average Bonchev–Trinajstić information content (AvgIpc) is 3.16. The summed E-state index contributed by atoms with van der Waals surface area (Å²) in [6.07, 6.45) is 2.69.